The van der Waals surface area contributed by atoms with E-state index in [1.807, 2.05) is 4.90 Å². The lowest BCUT2D eigenvalue weighted by atomic mass is 9.98. The fourth-order valence-electron chi connectivity index (χ4n) is 2.50. The Labute approximate surface area is 122 Å². The van der Waals surface area contributed by atoms with Crippen molar-refractivity contribution in [3.63, 3.8) is 0 Å². The number of nitrogens with one attached hydrogen (secondary N) is 1. The van der Waals surface area contributed by atoms with Crippen LogP contribution in [0.15, 0.2) is 24.3 Å². The van der Waals surface area contributed by atoms with Gasteiger partial charge in [-0.2, -0.15) is 0 Å². The number of carbonyl (C=O) groups excluding carboxylic acids is 1. The van der Waals surface area contributed by atoms with Crippen molar-refractivity contribution < 1.29 is 19.1 Å². The maximum Gasteiger partial charge on any atom is 0.307 e. The number of halogens is 1. The zero-order chi connectivity index (χ0) is 15.2. The van der Waals surface area contributed by atoms with E-state index in [1.54, 1.807) is 18.2 Å². The van der Waals surface area contributed by atoms with Gasteiger partial charge in [-0.05, 0) is 25.5 Å². The highest BCUT2D eigenvalue weighted by Crippen LogP contribution is 2.16. The molecule has 0 spiro atoms. The summed E-state index contributed by atoms with van der Waals surface area (Å²) in [5.41, 5.74) is 0.438. The van der Waals surface area contributed by atoms with Crippen LogP contribution in [-0.4, -0.2) is 41.5 Å². The van der Waals surface area contributed by atoms with Crippen molar-refractivity contribution in [2.75, 3.05) is 19.6 Å². The number of hydrogen-bond acceptors (Lipinski definition) is 3. The minimum absolute atomic E-state index is 0.141. The molecule has 1 amide bonds. The van der Waals surface area contributed by atoms with Crippen LogP contribution >= 0.6 is 0 Å². The standard InChI is InChI=1S/C15H19FN2O3/c16-13-6-2-1-4-11(13)8-17-14(19)10-18-7-3-5-12(9-18)15(20)21/h1-2,4,6,12H,3,5,7-10H2,(H,17,19)(H,20,21)/t12-/m0/s1. The molecule has 21 heavy (non-hydrogen) atoms. The monoisotopic (exact) mass is 294 g/mol. The van der Waals surface area contributed by atoms with Crippen LogP contribution in [0.5, 0.6) is 0 Å². The fourth-order valence-corrected chi connectivity index (χ4v) is 2.50. The quantitative estimate of drug-likeness (QED) is 0.857. The Kier molecular flexibility index (Phi) is 5.27. The Balaban J connectivity index is 1.79. The Hall–Kier alpha value is -1.95. The number of likely N-dealkylation sites (tertiary alicyclic amines) is 1. The summed E-state index contributed by atoms with van der Waals surface area (Å²) in [6.07, 6.45) is 1.43. The first-order valence-corrected chi connectivity index (χ1v) is 7.01. The fraction of sp³-hybridized carbons (Fsp3) is 0.467. The second kappa shape index (κ2) is 7.17. The minimum atomic E-state index is -0.813. The van der Waals surface area contributed by atoms with Crippen molar-refractivity contribution in [3.8, 4) is 0 Å². The number of nitrogens with zero attached hydrogens (tertiary/aromatic N) is 1. The van der Waals surface area contributed by atoms with Gasteiger partial charge >= 0.3 is 5.97 Å². The largest absolute Gasteiger partial charge is 0.481 e. The van der Waals surface area contributed by atoms with Crippen molar-refractivity contribution in [1.82, 2.24) is 10.2 Å². The van der Waals surface area contributed by atoms with Gasteiger partial charge in [-0.25, -0.2) is 4.39 Å². The minimum Gasteiger partial charge on any atom is -0.481 e. The van der Waals surface area contributed by atoms with Gasteiger partial charge in [0, 0.05) is 18.7 Å². The third kappa shape index (κ3) is 4.53. The van der Waals surface area contributed by atoms with E-state index in [9.17, 15) is 14.0 Å². The molecule has 1 aromatic carbocycles. The molecule has 0 aliphatic carbocycles. The van der Waals surface area contributed by atoms with Gasteiger partial charge in [0.15, 0.2) is 0 Å². The molecule has 0 saturated carbocycles. The molecule has 1 fully saturated rings. The summed E-state index contributed by atoms with van der Waals surface area (Å²) in [5.74, 6) is -1.78. The van der Waals surface area contributed by atoms with Gasteiger partial charge in [-0.15, -0.1) is 0 Å². The van der Waals surface area contributed by atoms with Crippen molar-refractivity contribution >= 4 is 11.9 Å². The predicted octanol–water partition coefficient (Wildman–Crippen LogP) is 1.24. The van der Waals surface area contributed by atoms with Crippen LogP contribution in [0.25, 0.3) is 0 Å². The van der Waals surface area contributed by atoms with E-state index in [1.165, 1.54) is 6.07 Å². The van der Waals surface area contributed by atoms with Crippen LogP contribution in [0.2, 0.25) is 0 Å². The number of hydrogen-bond donors (Lipinski definition) is 2. The van der Waals surface area contributed by atoms with E-state index in [2.05, 4.69) is 5.32 Å². The van der Waals surface area contributed by atoms with E-state index >= 15 is 0 Å². The van der Waals surface area contributed by atoms with Gasteiger partial charge in [0.2, 0.25) is 5.91 Å². The number of carboxylic acid groups (broad SMARTS) is 1. The Morgan fingerprint density at radius 2 is 2.14 bits per heavy atom. The van der Waals surface area contributed by atoms with Crippen LogP contribution in [0, 0.1) is 11.7 Å². The number of rotatable bonds is 5. The zero-order valence-electron chi connectivity index (χ0n) is 11.7. The molecule has 5 nitrogen and oxygen atoms in total. The molecule has 2 N–H and O–H groups in total. The summed E-state index contributed by atoms with van der Waals surface area (Å²) < 4.78 is 13.4. The molecule has 1 heterocycles. The average Bonchev–Trinajstić information content (AvgIpc) is 2.46. The Morgan fingerprint density at radius 3 is 2.86 bits per heavy atom. The number of piperidine rings is 1. The molecule has 0 unspecified atom stereocenters. The number of carboxylic acids is 1. The zero-order valence-corrected chi connectivity index (χ0v) is 11.7. The molecule has 1 saturated heterocycles. The molecule has 114 valence electrons. The van der Waals surface area contributed by atoms with Crippen molar-refractivity contribution in [1.29, 1.82) is 0 Å². The molecule has 0 radical (unpaired) electrons. The maximum atomic E-state index is 13.4. The first-order valence-electron chi connectivity index (χ1n) is 7.01. The first kappa shape index (κ1) is 15.4. The van der Waals surface area contributed by atoms with Crippen LogP contribution in [0.3, 0.4) is 0 Å². The van der Waals surface area contributed by atoms with Crippen molar-refractivity contribution in [3.05, 3.63) is 35.6 Å². The molecule has 0 bridgehead atoms. The Bertz CT molecular complexity index is 521. The normalized spacial score (nSPS) is 19.2. The second-order valence-corrected chi connectivity index (χ2v) is 5.28. The molecular formula is C15H19FN2O3. The van der Waals surface area contributed by atoms with Gasteiger partial charge in [0.05, 0.1) is 12.5 Å². The summed E-state index contributed by atoms with van der Waals surface area (Å²) in [7, 11) is 0. The van der Waals surface area contributed by atoms with Crippen LogP contribution < -0.4 is 5.32 Å². The van der Waals surface area contributed by atoms with Gasteiger partial charge in [-0.3, -0.25) is 14.5 Å². The highest BCUT2D eigenvalue weighted by Gasteiger charge is 2.26. The molecular weight excluding hydrogens is 275 g/mol. The van der Waals surface area contributed by atoms with Crippen LogP contribution in [0.1, 0.15) is 18.4 Å². The van der Waals surface area contributed by atoms with E-state index in [4.69, 9.17) is 5.11 Å². The number of benzene rings is 1. The summed E-state index contributed by atoms with van der Waals surface area (Å²) in [5, 5.41) is 11.7. The maximum absolute atomic E-state index is 13.4. The van der Waals surface area contributed by atoms with Crippen molar-refractivity contribution in [2.24, 2.45) is 5.92 Å². The van der Waals surface area contributed by atoms with E-state index in [0.717, 1.165) is 13.0 Å². The molecule has 1 aliphatic rings. The smallest absolute Gasteiger partial charge is 0.307 e. The molecule has 1 aliphatic heterocycles. The second-order valence-electron chi connectivity index (χ2n) is 5.28. The molecule has 1 atom stereocenters. The van der Waals surface area contributed by atoms with E-state index in [-0.39, 0.29) is 24.8 Å². The highest BCUT2D eigenvalue weighted by atomic mass is 19.1. The van der Waals surface area contributed by atoms with Crippen LogP contribution in [0.4, 0.5) is 4.39 Å². The third-order valence-corrected chi connectivity index (χ3v) is 3.66. The number of carbonyl (C=O) groups is 2. The van der Waals surface area contributed by atoms with Gasteiger partial charge in [0.25, 0.3) is 0 Å². The molecule has 2 rings (SSSR count). The summed E-state index contributed by atoms with van der Waals surface area (Å²) >= 11 is 0. The van der Waals surface area contributed by atoms with Crippen LogP contribution in [-0.2, 0) is 16.1 Å². The van der Waals surface area contributed by atoms with Crippen molar-refractivity contribution in [2.45, 2.75) is 19.4 Å². The first-order chi connectivity index (χ1) is 10.1. The summed E-state index contributed by atoms with van der Waals surface area (Å²) in [4.78, 5) is 24.6. The van der Waals surface area contributed by atoms with Gasteiger partial charge in [0.1, 0.15) is 5.82 Å². The SMILES string of the molecule is O=C(CN1CCC[C@H](C(=O)O)C1)NCc1ccccc1F. The predicted molar refractivity (Wildman–Crippen MR) is 75.0 cm³/mol. The van der Waals surface area contributed by atoms with E-state index < -0.39 is 11.9 Å². The Morgan fingerprint density at radius 1 is 1.38 bits per heavy atom. The lowest BCUT2D eigenvalue weighted by Crippen LogP contribution is -2.44. The lowest BCUT2D eigenvalue weighted by Gasteiger charge is -2.29. The number of aliphatic carboxylic acids is 1. The molecule has 6 heteroatoms. The third-order valence-electron chi connectivity index (χ3n) is 3.66. The molecule has 1 aromatic rings. The topological polar surface area (TPSA) is 69.6 Å². The summed E-state index contributed by atoms with van der Waals surface area (Å²) in [6.45, 7) is 1.40. The van der Waals surface area contributed by atoms with Gasteiger partial charge < -0.3 is 10.4 Å². The van der Waals surface area contributed by atoms with E-state index in [0.29, 0.717) is 18.5 Å². The molecule has 0 aromatic heterocycles. The number of amides is 1. The van der Waals surface area contributed by atoms with Gasteiger partial charge in [-0.1, -0.05) is 18.2 Å². The average molecular weight is 294 g/mol. The lowest BCUT2D eigenvalue weighted by molar-refractivity contribution is -0.144. The highest BCUT2D eigenvalue weighted by molar-refractivity contribution is 5.78. The summed E-state index contributed by atoms with van der Waals surface area (Å²) in [6, 6.07) is 6.29.